The fourth-order valence-corrected chi connectivity index (χ4v) is 0.593. The van der Waals surface area contributed by atoms with Gasteiger partial charge in [0.2, 0.25) is 5.62 Å². The van der Waals surface area contributed by atoms with E-state index in [-0.39, 0.29) is 11.4 Å². The van der Waals surface area contributed by atoms with Crippen LogP contribution in [0.25, 0.3) is 0 Å². The van der Waals surface area contributed by atoms with Crippen molar-refractivity contribution in [3.63, 3.8) is 0 Å². The van der Waals surface area contributed by atoms with Gasteiger partial charge in [0.1, 0.15) is 0 Å². The van der Waals surface area contributed by atoms with Crippen LogP contribution in [-0.4, -0.2) is 9.55 Å². The Morgan fingerprint density at radius 1 is 1.60 bits per heavy atom. The molecule has 0 radical (unpaired) electrons. The van der Waals surface area contributed by atoms with Crippen molar-refractivity contribution in [2.45, 2.75) is 0 Å². The third kappa shape index (κ3) is 0.928. The average Bonchev–Trinajstić information content (AvgIpc) is 1.84. The summed E-state index contributed by atoms with van der Waals surface area (Å²) in [7, 11) is 1.69. The molecule has 54 valence electrons. The van der Waals surface area contributed by atoms with Gasteiger partial charge in [0.15, 0.2) is 5.82 Å². The molecule has 5 heteroatoms. The number of nitrogen functional groups attached to an aromatic ring is 2. The Kier molecular flexibility index (Phi) is 1.33. The SMILES string of the molecule is Cn1cc(N)c(N)nc1=N. The molecule has 0 fully saturated rings. The molecular weight excluding hydrogens is 130 g/mol. The molecule has 0 atom stereocenters. The highest BCUT2D eigenvalue weighted by Gasteiger charge is 1.94. The van der Waals surface area contributed by atoms with Crippen LogP contribution in [0.3, 0.4) is 0 Å². The van der Waals surface area contributed by atoms with E-state index < -0.39 is 0 Å². The molecule has 5 nitrogen and oxygen atoms in total. The van der Waals surface area contributed by atoms with Gasteiger partial charge in [0, 0.05) is 13.2 Å². The molecule has 1 aromatic rings. The van der Waals surface area contributed by atoms with Gasteiger partial charge < -0.3 is 16.0 Å². The number of rotatable bonds is 0. The van der Waals surface area contributed by atoms with Crippen molar-refractivity contribution in [2.24, 2.45) is 7.05 Å². The van der Waals surface area contributed by atoms with Crippen LogP contribution in [0.2, 0.25) is 0 Å². The number of aromatic nitrogens is 2. The van der Waals surface area contributed by atoms with Gasteiger partial charge in [0.25, 0.3) is 0 Å². The Hall–Kier alpha value is -1.52. The second-order valence-electron chi connectivity index (χ2n) is 2.02. The van der Waals surface area contributed by atoms with Crippen LogP contribution in [0.1, 0.15) is 0 Å². The van der Waals surface area contributed by atoms with Gasteiger partial charge in [-0.3, -0.25) is 5.41 Å². The molecule has 10 heavy (non-hydrogen) atoms. The number of aryl methyl sites for hydroxylation is 1. The van der Waals surface area contributed by atoms with Crippen LogP contribution in [0.4, 0.5) is 11.5 Å². The van der Waals surface area contributed by atoms with Gasteiger partial charge in [0.05, 0.1) is 5.69 Å². The average molecular weight is 139 g/mol. The minimum Gasteiger partial charge on any atom is -0.395 e. The molecule has 1 rings (SSSR count). The molecule has 0 saturated carbocycles. The Labute approximate surface area is 57.8 Å². The summed E-state index contributed by atoms with van der Waals surface area (Å²) in [5, 5.41) is 7.17. The van der Waals surface area contributed by atoms with Gasteiger partial charge >= 0.3 is 0 Å². The van der Waals surface area contributed by atoms with Crippen molar-refractivity contribution in [2.75, 3.05) is 11.5 Å². The predicted octanol–water partition coefficient (Wildman–Crippen LogP) is -0.936. The van der Waals surface area contributed by atoms with Crippen molar-refractivity contribution >= 4 is 11.5 Å². The van der Waals surface area contributed by atoms with Crippen LogP contribution in [0.15, 0.2) is 6.20 Å². The van der Waals surface area contributed by atoms with Crippen LogP contribution in [0, 0.1) is 5.41 Å². The highest BCUT2D eigenvalue weighted by atomic mass is 15.1. The maximum absolute atomic E-state index is 7.17. The van der Waals surface area contributed by atoms with E-state index in [4.69, 9.17) is 16.9 Å². The summed E-state index contributed by atoms with van der Waals surface area (Å²) in [5.41, 5.74) is 11.2. The summed E-state index contributed by atoms with van der Waals surface area (Å²) in [4.78, 5) is 3.66. The summed E-state index contributed by atoms with van der Waals surface area (Å²) >= 11 is 0. The van der Waals surface area contributed by atoms with Gasteiger partial charge in [-0.2, -0.15) is 4.98 Å². The molecule has 0 aromatic carbocycles. The van der Waals surface area contributed by atoms with Crippen LogP contribution < -0.4 is 17.1 Å². The standard InChI is InChI=1S/C5H9N5/c1-10-2-3(6)4(7)9-5(10)8/h2H,6H2,1H3,(H3,7,8,9). The highest BCUT2D eigenvalue weighted by Crippen LogP contribution is 2.03. The first-order valence-electron chi connectivity index (χ1n) is 2.74. The lowest BCUT2D eigenvalue weighted by molar-refractivity contribution is 0.769. The second-order valence-corrected chi connectivity index (χ2v) is 2.02. The first-order valence-corrected chi connectivity index (χ1v) is 2.74. The van der Waals surface area contributed by atoms with Gasteiger partial charge in [-0.25, -0.2) is 0 Å². The molecule has 0 unspecified atom stereocenters. The zero-order chi connectivity index (χ0) is 7.72. The molecule has 0 bridgehead atoms. The van der Waals surface area contributed by atoms with Crippen molar-refractivity contribution in [1.82, 2.24) is 9.55 Å². The Morgan fingerprint density at radius 3 is 2.70 bits per heavy atom. The minimum absolute atomic E-state index is 0.103. The Morgan fingerprint density at radius 2 is 2.20 bits per heavy atom. The van der Waals surface area contributed by atoms with E-state index in [0.29, 0.717) is 5.69 Å². The van der Waals surface area contributed by atoms with E-state index in [2.05, 4.69) is 4.98 Å². The maximum Gasteiger partial charge on any atom is 0.223 e. The smallest absolute Gasteiger partial charge is 0.223 e. The fourth-order valence-electron chi connectivity index (χ4n) is 0.593. The highest BCUT2D eigenvalue weighted by molar-refractivity contribution is 5.55. The normalized spacial score (nSPS) is 9.70. The maximum atomic E-state index is 7.17. The van der Waals surface area contributed by atoms with Crippen molar-refractivity contribution < 1.29 is 0 Å². The quantitative estimate of drug-likeness (QED) is 0.433. The number of nitrogens with two attached hydrogens (primary N) is 2. The lowest BCUT2D eigenvalue weighted by Gasteiger charge is -2.01. The van der Waals surface area contributed by atoms with Crippen LogP contribution in [-0.2, 0) is 7.05 Å². The predicted molar refractivity (Wildman–Crippen MR) is 37.9 cm³/mol. The molecule has 0 aliphatic carbocycles. The van der Waals surface area contributed by atoms with E-state index in [9.17, 15) is 0 Å². The van der Waals surface area contributed by atoms with E-state index in [0.717, 1.165) is 0 Å². The Balaban J connectivity index is 3.43. The molecule has 0 aliphatic rings. The van der Waals surface area contributed by atoms with E-state index in [1.165, 1.54) is 4.57 Å². The number of anilines is 2. The number of nitrogens with one attached hydrogen (secondary N) is 1. The summed E-state index contributed by atoms with van der Waals surface area (Å²) in [6.07, 6.45) is 1.56. The largest absolute Gasteiger partial charge is 0.395 e. The fraction of sp³-hybridized carbons (Fsp3) is 0.200. The molecule has 1 aromatic heterocycles. The van der Waals surface area contributed by atoms with Gasteiger partial charge in [-0.05, 0) is 0 Å². The third-order valence-electron chi connectivity index (χ3n) is 1.19. The van der Waals surface area contributed by atoms with E-state index in [1.54, 1.807) is 13.2 Å². The summed E-state index contributed by atoms with van der Waals surface area (Å²) in [6.45, 7) is 0. The van der Waals surface area contributed by atoms with Gasteiger partial charge in [-0.15, -0.1) is 0 Å². The van der Waals surface area contributed by atoms with Gasteiger partial charge in [-0.1, -0.05) is 0 Å². The number of hydrogen-bond acceptors (Lipinski definition) is 4. The zero-order valence-electron chi connectivity index (χ0n) is 5.63. The van der Waals surface area contributed by atoms with Crippen molar-refractivity contribution in [3.8, 4) is 0 Å². The number of hydrogen-bond donors (Lipinski definition) is 3. The lowest BCUT2D eigenvalue weighted by atomic mass is 10.5. The monoisotopic (exact) mass is 139 g/mol. The molecule has 5 N–H and O–H groups in total. The van der Waals surface area contributed by atoms with E-state index in [1.807, 2.05) is 0 Å². The molecule has 0 amide bonds. The van der Waals surface area contributed by atoms with Crippen molar-refractivity contribution in [1.29, 1.82) is 5.41 Å². The zero-order valence-corrected chi connectivity index (χ0v) is 5.63. The lowest BCUT2D eigenvalue weighted by Crippen LogP contribution is -2.21. The van der Waals surface area contributed by atoms with E-state index >= 15 is 0 Å². The van der Waals surface area contributed by atoms with Crippen LogP contribution in [0.5, 0.6) is 0 Å². The minimum atomic E-state index is 0.103. The molecule has 1 heterocycles. The summed E-state index contributed by atoms with van der Waals surface area (Å²) in [5.74, 6) is 0.211. The molecule has 0 aliphatic heterocycles. The Bertz CT molecular complexity index is 299. The third-order valence-corrected chi connectivity index (χ3v) is 1.19. The summed E-state index contributed by atoms with van der Waals surface area (Å²) < 4.78 is 1.49. The first-order chi connectivity index (χ1) is 4.61. The number of nitrogens with zero attached hydrogens (tertiary/aromatic N) is 2. The molecule has 0 saturated heterocycles. The second kappa shape index (κ2) is 2.02. The molecule has 0 spiro atoms. The topological polar surface area (TPSA) is 93.7 Å². The van der Waals surface area contributed by atoms with Crippen LogP contribution >= 0.6 is 0 Å². The molecular formula is C5H9N5. The van der Waals surface area contributed by atoms with Crippen molar-refractivity contribution in [3.05, 3.63) is 11.8 Å². The first kappa shape index (κ1) is 6.60. The summed E-state index contributed by atoms with van der Waals surface area (Å²) in [6, 6.07) is 0.